The quantitative estimate of drug-likeness (QED) is 0.627. The summed E-state index contributed by atoms with van der Waals surface area (Å²) in [7, 11) is 0.342. The number of nitrogens with one attached hydrogen (secondary N) is 1. The average Bonchev–Trinajstić information content (AvgIpc) is 2.74. The van der Waals surface area contributed by atoms with Crippen LogP contribution in [0.4, 0.5) is 0 Å². The SMILES string of the molecule is CCc1ccc(C(CNC(=O)c2cccc(S(=O)(=O)N(CC)CC)c2)N(C)C)cc1. The highest BCUT2D eigenvalue weighted by atomic mass is 32.2. The van der Waals surface area contributed by atoms with Crippen molar-refractivity contribution in [2.24, 2.45) is 0 Å². The second kappa shape index (κ2) is 10.7. The number of benzene rings is 2. The summed E-state index contributed by atoms with van der Waals surface area (Å²) < 4.78 is 26.9. The van der Waals surface area contributed by atoms with Crippen molar-refractivity contribution >= 4 is 15.9 Å². The molecule has 2 aromatic carbocycles. The van der Waals surface area contributed by atoms with Gasteiger partial charge in [0, 0.05) is 25.2 Å². The molecule has 0 heterocycles. The average molecular weight is 432 g/mol. The summed E-state index contributed by atoms with van der Waals surface area (Å²) in [6, 6.07) is 14.6. The standard InChI is InChI=1S/C23H33N3O3S/c1-6-18-12-14-19(15-13-18)22(25(4)5)17-24-23(27)20-10-9-11-21(16-20)30(28,29)26(7-2)8-3/h9-16,22H,6-8,17H2,1-5H3,(H,24,27). The Morgan fingerprint density at radius 2 is 1.63 bits per heavy atom. The van der Waals surface area contributed by atoms with Gasteiger partial charge in [-0.3, -0.25) is 4.79 Å². The minimum absolute atomic E-state index is 0.0162. The fourth-order valence-electron chi connectivity index (χ4n) is 3.38. The number of nitrogens with zero attached hydrogens (tertiary/aromatic N) is 2. The zero-order valence-electron chi connectivity index (χ0n) is 18.6. The van der Waals surface area contributed by atoms with E-state index in [-0.39, 0.29) is 16.8 Å². The van der Waals surface area contributed by atoms with Gasteiger partial charge in [0.05, 0.1) is 10.9 Å². The highest BCUT2D eigenvalue weighted by Crippen LogP contribution is 2.20. The van der Waals surface area contributed by atoms with Gasteiger partial charge in [0.15, 0.2) is 0 Å². The fourth-order valence-corrected chi connectivity index (χ4v) is 4.88. The summed E-state index contributed by atoms with van der Waals surface area (Å²) in [6.07, 6.45) is 0.983. The van der Waals surface area contributed by atoms with Crippen LogP contribution in [0.25, 0.3) is 0 Å². The van der Waals surface area contributed by atoms with Crippen LogP contribution in [0.5, 0.6) is 0 Å². The van der Waals surface area contributed by atoms with Gasteiger partial charge in [-0.15, -0.1) is 0 Å². The molecular weight excluding hydrogens is 398 g/mol. The molecule has 0 spiro atoms. The molecule has 0 fully saturated rings. The summed E-state index contributed by atoms with van der Waals surface area (Å²) in [6.45, 7) is 6.91. The third-order valence-electron chi connectivity index (χ3n) is 5.29. The van der Waals surface area contributed by atoms with Crippen molar-refractivity contribution in [1.29, 1.82) is 0 Å². The van der Waals surface area contributed by atoms with E-state index in [1.807, 2.05) is 14.1 Å². The van der Waals surface area contributed by atoms with Gasteiger partial charge in [0.2, 0.25) is 10.0 Å². The molecule has 0 aliphatic carbocycles. The van der Waals surface area contributed by atoms with Gasteiger partial charge in [-0.2, -0.15) is 4.31 Å². The molecule has 0 bridgehead atoms. The number of carbonyl (C=O) groups is 1. The lowest BCUT2D eigenvalue weighted by molar-refractivity contribution is 0.0941. The predicted molar refractivity (Wildman–Crippen MR) is 121 cm³/mol. The Kier molecular flexibility index (Phi) is 8.58. The Bertz CT molecular complexity index is 936. The monoisotopic (exact) mass is 431 g/mol. The van der Waals surface area contributed by atoms with E-state index in [0.717, 1.165) is 12.0 Å². The lowest BCUT2D eigenvalue weighted by Crippen LogP contribution is -2.35. The first-order chi connectivity index (χ1) is 14.2. The van der Waals surface area contributed by atoms with Crippen LogP contribution >= 0.6 is 0 Å². The van der Waals surface area contributed by atoms with Crippen molar-refractivity contribution in [3.05, 3.63) is 65.2 Å². The molecule has 0 saturated heterocycles. The molecule has 0 aromatic heterocycles. The van der Waals surface area contributed by atoms with E-state index in [2.05, 4.69) is 41.4 Å². The molecule has 1 N–H and O–H groups in total. The molecule has 30 heavy (non-hydrogen) atoms. The molecule has 7 heteroatoms. The third kappa shape index (κ3) is 5.68. The lowest BCUT2D eigenvalue weighted by Gasteiger charge is -2.25. The number of carbonyl (C=O) groups excluding carboxylic acids is 1. The van der Waals surface area contributed by atoms with E-state index in [4.69, 9.17) is 0 Å². The number of likely N-dealkylation sites (N-methyl/N-ethyl adjacent to an activating group) is 1. The van der Waals surface area contributed by atoms with Gasteiger partial charge < -0.3 is 10.2 Å². The van der Waals surface area contributed by atoms with Gasteiger partial charge in [0.25, 0.3) is 5.91 Å². The number of aryl methyl sites for hydroxylation is 1. The molecule has 0 saturated carbocycles. The predicted octanol–water partition coefficient (Wildman–Crippen LogP) is 3.31. The molecule has 0 radical (unpaired) electrons. The molecular formula is C23H33N3O3S. The van der Waals surface area contributed by atoms with Crippen molar-refractivity contribution in [1.82, 2.24) is 14.5 Å². The van der Waals surface area contributed by atoms with E-state index in [1.165, 1.54) is 22.0 Å². The molecule has 2 aromatic rings. The fraction of sp³-hybridized carbons (Fsp3) is 0.435. The molecule has 164 valence electrons. The Morgan fingerprint density at radius 1 is 1.00 bits per heavy atom. The maximum atomic E-state index is 12.8. The maximum absolute atomic E-state index is 12.8. The number of sulfonamides is 1. The van der Waals surface area contributed by atoms with Crippen molar-refractivity contribution in [3.8, 4) is 0 Å². The summed E-state index contributed by atoms with van der Waals surface area (Å²) in [5, 5.41) is 2.95. The first-order valence-corrected chi connectivity index (χ1v) is 11.8. The van der Waals surface area contributed by atoms with Gasteiger partial charge in [-0.05, 0) is 49.8 Å². The molecule has 2 rings (SSSR count). The van der Waals surface area contributed by atoms with Crippen LogP contribution in [-0.4, -0.2) is 57.3 Å². The Labute approximate surface area is 180 Å². The highest BCUT2D eigenvalue weighted by Gasteiger charge is 2.23. The highest BCUT2D eigenvalue weighted by molar-refractivity contribution is 7.89. The van der Waals surface area contributed by atoms with Crippen LogP contribution in [0.3, 0.4) is 0 Å². The van der Waals surface area contributed by atoms with Crippen molar-refractivity contribution in [2.75, 3.05) is 33.7 Å². The van der Waals surface area contributed by atoms with Crippen molar-refractivity contribution in [2.45, 2.75) is 38.1 Å². The summed E-state index contributed by atoms with van der Waals surface area (Å²) in [4.78, 5) is 14.9. The molecule has 1 amide bonds. The van der Waals surface area contributed by atoms with Crippen LogP contribution in [0.1, 0.15) is 48.3 Å². The first kappa shape index (κ1) is 24.1. The number of amides is 1. The lowest BCUT2D eigenvalue weighted by atomic mass is 10.0. The van der Waals surface area contributed by atoms with Crippen LogP contribution in [0.15, 0.2) is 53.4 Å². The Morgan fingerprint density at radius 3 is 2.17 bits per heavy atom. The van der Waals surface area contributed by atoms with Crippen molar-refractivity contribution in [3.63, 3.8) is 0 Å². The first-order valence-electron chi connectivity index (χ1n) is 10.4. The minimum Gasteiger partial charge on any atom is -0.350 e. The van der Waals surface area contributed by atoms with Gasteiger partial charge >= 0.3 is 0 Å². The zero-order valence-corrected chi connectivity index (χ0v) is 19.4. The van der Waals surface area contributed by atoms with E-state index < -0.39 is 10.0 Å². The van der Waals surface area contributed by atoms with E-state index in [9.17, 15) is 13.2 Å². The normalized spacial score (nSPS) is 12.9. The summed E-state index contributed by atoms with van der Waals surface area (Å²) >= 11 is 0. The maximum Gasteiger partial charge on any atom is 0.251 e. The largest absolute Gasteiger partial charge is 0.350 e. The van der Waals surface area contributed by atoms with E-state index in [1.54, 1.807) is 26.0 Å². The zero-order chi connectivity index (χ0) is 22.3. The number of rotatable bonds is 10. The topological polar surface area (TPSA) is 69.7 Å². The molecule has 0 aliphatic rings. The van der Waals surface area contributed by atoms with Crippen LogP contribution in [0, 0.1) is 0 Å². The molecule has 0 aliphatic heterocycles. The second-order valence-corrected chi connectivity index (χ2v) is 9.34. The smallest absolute Gasteiger partial charge is 0.251 e. The van der Waals surface area contributed by atoms with Gasteiger partial charge in [-0.1, -0.05) is 51.1 Å². The van der Waals surface area contributed by atoms with Gasteiger partial charge in [-0.25, -0.2) is 8.42 Å². The van der Waals surface area contributed by atoms with E-state index >= 15 is 0 Å². The number of hydrogen-bond acceptors (Lipinski definition) is 4. The second-order valence-electron chi connectivity index (χ2n) is 7.40. The Hall–Kier alpha value is -2.22. The van der Waals surface area contributed by atoms with Crippen LogP contribution in [0.2, 0.25) is 0 Å². The minimum atomic E-state index is -3.61. The molecule has 1 atom stereocenters. The molecule has 1 unspecified atom stereocenters. The van der Waals surface area contributed by atoms with Crippen LogP contribution in [-0.2, 0) is 16.4 Å². The van der Waals surface area contributed by atoms with E-state index in [0.29, 0.717) is 25.2 Å². The van der Waals surface area contributed by atoms with Crippen LogP contribution < -0.4 is 5.32 Å². The third-order valence-corrected chi connectivity index (χ3v) is 7.34. The summed E-state index contributed by atoms with van der Waals surface area (Å²) in [5.41, 5.74) is 2.73. The number of hydrogen-bond donors (Lipinski definition) is 1. The van der Waals surface area contributed by atoms with Crippen molar-refractivity contribution < 1.29 is 13.2 Å². The van der Waals surface area contributed by atoms with Gasteiger partial charge in [0.1, 0.15) is 0 Å². The molecule has 6 nitrogen and oxygen atoms in total. The Balaban J connectivity index is 2.16. The summed E-state index contributed by atoms with van der Waals surface area (Å²) in [5.74, 6) is -0.288.